The molecule has 0 aliphatic heterocycles. The van der Waals surface area contributed by atoms with Gasteiger partial charge in [0.25, 0.3) is 0 Å². The lowest BCUT2D eigenvalue weighted by Crippen LogP contribution is -1.85. The average molecular weight is 361 g/mol. The number of hydrogen-bond acceptors (Lipinski definition) is 0. The van der Waals surface area contributed by atoms with Gasteiger partial charge in [0.2, 0.25) is 0 Å². The molecule has 2 aromatic carbocycles. The Hall–Kier alpha value is -1.56. The fraction of sp³-hybridized carbons (Fsp3) is 0.538. The van der Waals surface area contributed by atoms with Crippen molar-refractivity contribution in [3.63, 3.8) is 0 Å². The van der Waals surface area contributed by atoms with Crippen molar-refractivity contribution < 1.29 is 0 Å². The minimum atomic E-state index is 0. The zero-order valence-electron chi connectivity index (χ0n) is 17.9. The number of benzene rings is 2. The van der Waals surface area contributed by atoms with Crippen molar-refractivity contribution in [1.82, 2.24) is 0 Å². The average Bonchev–Trinajstić information content (AvgIpc) is 2.61. The monoisotopic (exact) mass is 360 g/mol. The summed E-state index contributed by atoms with van der Waals surface area (Å²) in [7, 11) is 0. The largest absolute Gasteiger partial charge is 0.0776 e. The van der Waals surface area contributed by atoms with Crippen LogP contribution in [0.2, 0.25) is 0 Å². The van der Waals surface area contributed by atoms with Crippen molar-refractivity contribution in [3.05, 3.63) is 69.8 Å². The van der Waals surface area contributed by atoms with Crippen LogP contribution in [0.4, 0.5) is 0 Å². The van der Waals surface area contributed by atoms with Crippen molar-refractivity contribution >= 4 is 0 Å². The Bertz CT molecular complexity index is 550. The molecule has 2 rings (SSSR count). The fourth-order valence-corrected chi connectivity index (χ4v) is 2.27. The van der Waals surface area contributed by atoms with E-state index in [0.29, 0.717) is 0 Å². The molecule has 0 nitrogen and oxygen atoms in total. The maximum atomic E-state index is 2.26. The molecule has 0 fully saturated rings. The zero-order valence-corrected chi connectivity index (χ0v) is 17.9. The second-order valence-corrected chi connectivity index (χ2v) is 5.56. The lowest BCUT2D eigenvalue weighted by molar-refractivity contribution is 1.10. The van der Waals surface area contributed by atoms with Gasteiger partial charge in [0, 0.05) is 0 Å². The topological polar surface area (TPSA) is 0 Å². The maximum Gasteiger partial charge on any atom is -0.0305 e. The summed E-state index contributed by atoms with van der Waals surface area (Å²) in [4.78, 5) is 0. The molecule has 0 unspecified atom stereocenters. The van der Waals surface area contributed by atoms with Gasteiger partial charge in [-0.05, 0) is 68.4 Å². The maximum absolute atomic E-state index is 2.26. The predicted molar refractivity (Wildman–Crippen MR) is 127 cm³/mol. The smallest absolute Gasteiger partial charge is 0.0305 e. The second kappa shape index (κ2) is 19.8. The van der Waals surface area contributed by atoms with Gasteiger partial charge in [0.15, 0.2) is 0 Å². The molecule has 0 bridgehead atoms. The van der Waals surface area contributed by atoms with Crippen LogP contribution in [0.15, 0.2) is 36.4 Å². The molecule has 0 radical (unpaired) electrons. The number of hydrogen-bond donors (Lipinski definition) is 0. The van der Waals surface area contributed by atoms with E-state index in [0.717, 1.165) is 12.8 Å². The molecule has 0 saturated carbocycles. The van der Waals surface area contributed by atoms with Crippen LogP contribution in [0, 0.1) is 27.7 Å². The summed E-state index contributed by atoms with van der Waals surface area (Å²) >= 11 is 0. The van der Waals surface area contributed by atoms with Gasteiger partial charge in [-0.3, -0.25) is 0 Å². The van der Waals surface area contributed by atoms with E-state index in [-0.39, 0.29) is 14.9 Å². The first-order valence-corrected chi connectivity index (χ1v) is 9.60. The highest BCUT2D eigenvalue weighted by Gasteiger charge is 1.93. The third kappa shape index (κ3) is 12.8. The van der Waals surface area contributed by atoms with Gasteiger partial charge in [0.1, 0.15) is 0 Å². The quantitative estimate of drug-likeness (QED) is 0.501. The van der Waals surface area contributed by atoms with Crippen molar-refractivity contribution in [3.8, 4) is 0 Å². The first-order chi connectivity index (χ1) is 11.5. The Morgan fingerprint density at radius 2 is 1.12 bits per heavy atom. The van der Waals surface area contributed by atoms with Crippen molar-refractivity contribution in [2.24, 2.45) is 0 Å². The molecule has 0 atom stereocenters. The number of rotatable bonds is 2. The third-order valence-electron chi connectivity index (χ3n) is 3.86. The highest BCUT2D eigenvalue weighted by atomic mass is 14.0. The first kappa shape index (κ1) is 32.1. The van der Waals surface area contributed by atoms with Gasteiger partial charge >= 0.3 is 0 Å². The summed E-state index contributed by atoms with van der Waals surface area (Å²) < 4.78 is 0. The van der Waals surface area contributed by atoms with Crippen LogP contribution in [0.3, 0.4) is 0 Å². The molecular formula is C26H48. The summed E-state index contributed by atoms with van der Waals surface area (Å²) in [6.45, 7) is 21.0. The third-order valence-corrected chi connectivity index (χ3v) is 3.86. The van der Waals surface area contributed by atoms with E-state index in [1.54, 1.807) is 0 Å². The molecule has 0 aliphatic rings. The molecular weight excluding hydrogens is 312 g/mol. The summed E-state index contributed by atoms with van der Waals surface area (Å²) in [5.41, 5.74) is 8.46. The summed E-state index contributed by atoms with van der Waals surface area (Å²) in [6.07, 6.45) is 2.28. The Morgan fingerprint density at radius 3 is 1.50 bits per heavy atom. The molecule has 0 spiro atoms. The van der Waals surface area contributed by atoms with Crippen LogP contribution in [0.1, 0.15) is 89.8 Å². The molecule has 0 heteroatoms. The molecule has 2 aromatic rings. The Balaban J connectivity index is -0.000000147. The minimum absolute atomic E-state index is 0. The first-order valence-electron chi connectivity index (χ1n) is 9.60. The van der Waals surface area contributed by atoms with Gasteiger partial charge < -0.3 is 0 Å². The number of aryl methyl sites for hydroxylation is 6. The SMILES string of the molecule is C.C.CC.CC.CCc1ccc(C)c(C)c1.CCc1ccc(C)cc1C. The van der Waals surface area contributed by atoms with Crippen molar-refractivity contribution in [2.75, 3.05) is 0 Å². The van der Waals surface area contributed by atoms with Gasteiger partial charge in [-0.25, -0.2) is 0 Å². The molecule has 152 valence electrons. The highest BCUT2D eigenvalue weighted by molar-refractivity contribution is 5.30. The Labute approximate surface area is 167 Å². The standard InChI is InChI=1S/2C10H14.2C2H6.2CH4/c1-4-10-6-5-8(2)9(3)7-10;1-4-10-6-5-8(2)7-9(10)3;2*1-2;;/h2*5-7H,4H2,1-3H3;2*1-2H3;2*1H4. The van der Waals surface area contributed by atoms with Gasteiger partial charge in [-0.1, -0.05) is 98.4 Å². The fourth-order valence-electron chi connectivity index (χ4n) is 2.27. The van der Waals surface area contributed by atoms with E-state index in [1.165, 1.54) is 33.4 Å². The Kier molecular flexibility index (Phi) is 24.4. The molecule has 0 amide bonds. The highest BCUT2D eigenvalue weighted by Crippen LogP contribution is 2.10. The van der Waals surface area contributed by atoms with Crippen LogP contribution < -0.4 is 0 Å². The van der Waals surface area contributed by atoms with Crippen molar-refractivity contribution in [2.45, 2.75) is 96.9 Å². The zero-order chi connectivity index (χ0) is 19.1. The van der Waals surface area contributed by atoms with E-state index in [9.17, 15) is 0 Å². The van der Waals surface area contributed by atoms with E-state index >= 15 is 0 Å². The second-order valence-electron chi connectivity index (χ2n) is 5.56. The van der Waals surface area contributed by atoms with Crippen molar-refractivity contribution in [1.29, 1.82) is 0 Å². The molecule has 0 aromatic heterocycles. The summed E-state index contributed by atoms with van der Waals surface area (Å²) in [5, 5.41) is 0. The van der Waals surface area contributed by atoms with Crippen LogP contribution >= 0.6 is 0 Å². The molecule has 0 saturated heterocycles. The lowest BCUT2D eigenvalue weighted by atomic mass is 10.0. The minimum Gasteiger partial charge on any atom is -0.0776 e. The van der Waals surface area contributed by atoms with Gasteiger partial charge in [-0.15, -0.1) is 0 Å². The van der Waals surface area contributed by atoms with Gasteiger partial charge in [-0.2, -0.15) is 0 Å². The van der Waals surface area contributed by atoms with Crippen LogP contribution in [-0.4, -0.2) is 0 Å². The van der Waals surface area contributed by atoms with E-state index in [1.807, 2.05) is 27.7 Å². The molecule has 0 N–H and O–H groups in total. The van der Waals surface area contributed by atoms with E-state index < -0.39 is 0 Å². The van der Waals surface area contributed by atoms with Crippen LogP contribution in [-0.2, 0) is 12.8 Å². The lowest BCUT2D eigenvalue weighted by Gasteiger charge is -2.02. The normalized spacial score (nSPS) is 8.08. The summed E-state index contributed by atoms with van der Waals surface area (Å²) in [5.74, 6) is 0. The Morgan fingerprint density at radius 1 is 0.577 bits per heavy atom. The van der Waals surface area contributed by atoms with E-state index in [2.05, 4.69) is 77.9 Å². The van der Waals surface area contributed by atoms with Gasteiger partial charge in [0.05, 0.1) is 0 Å². The molecule has 0 aliphatic carbocycles. The molecule has 0 heterocycles. The van der Waals surface area contributed by atoms with E-state index in [4.69, 9.17) is 0 Å². The molecule has 26 heavy (non-hydrogen) atoms. The van der Waals surface area contributed by atoms with Crippen LogP contribution in [0.25, 0.3) is 0 Å². The predicted octanol–water partition coefficient (Wildman–Crippen LogP) is 9.06. The summed E-state index contributed by atoms with van der Waals surface area (Å²) in [6, 6.07) is 13.3. The van der Waals surface area contributed by atoms with Crippen LogP contribution in [0.5, 0.6) is 0 Å².